The molecule has 1 aliphatic rings. The van der Waals surface area contributed by atoms with Gasteiger partial charge in [-0.2, -0.15) is 0 Å². The van der Waals surface area contributed by atoms with Crippen molar-refractivity contribution in [3.63, 3.8) is 0 Å². The minimum absolute atomic E-state index is 0.441. The fourth-order valence-corrected chi connectivity index (χ4v) is 5.37. The van der Waals surface area contributed by atoms with Crippen molar-refractivity contribution in [2.75, 3.05) is 16.7 Å². The smallest absolute Gasteiger partial charge is 0.226 e. The minimum atomic E-state index is -3.71. The molecule has 0 heterocycles. The van der Waals surface area contributed by atoms with E-state index >= 15 is 0 Å². The molecule has 0 aromatic heterocycles. The lowest BCUT2D eigenvalue weighted by Gasteiger charge is -2.13. The second-order valence-corrected chi connectivity index (χ2v) is 8.46. The van der Waals surface area contributed by atoms with E-state index in [2.05, 4.69) is 20.7 Å². The van der Waals surface area contributed by atoms with Crippen molar-refractivity contribution in [2.45, 2.75) is 18.4 Å². The lowest BCUT2D eigenvalue weighted by Crippen LogP contribution is -2.40. The molecule has 0 aromatic carbocycles. The van der Waals surface area contributed by atoms with E-state index in [1.165, 1.54) is 0 Å². The highest BCUT2D eigenvalue weighted by Gasteiger charge is 2.45. The number of halogens is 1. The highest BCUT2D eigenvalue weighted by atomic mass is 79.9. The van der Waals surface area contributed by atoms with Crippen LogP contribution in [0.15, 0.2) is 0 Å². The summed E-state index contributed by atoms with van der Waals surface area (Å²) in [6.07, 6.45) is 2.41. The summed E-state index contributed by atoms with van der Waals surface area (Å²) in [6, 6.07) is 0. The third kappa shape index (κ3) is 3.84. The molecule has 1 fully saturated rings. The number of nitrogens with one attached hydrogen (secondary N) is 1. The number of hydrogen-bond donors (Lipinski definition) is 1. The van der Waals surface area contributed by atoms with Crippen LogP contribution in [0.25, 0.3) is 0 Å². The largest absolute Gasteiger partial charge is 0.228 e. The molecule has 1 aliphatic carbocycles. The summed E-state index contributed by atoms with van der Waals surface area (Å²) >= 11 is 3.19. The Labute approximate surface area is 92.4 Å². The Kier molecular flexibility index (Phi) is 3.31. The zero-order chi connectivity index (χ0) is 11.0. The highest BCUT2D eigenvalue weighted by Crippen LogP contribution is 2.37. The van der Waals surface area contributed by atoms with Crippen LogP contribution in [0.4, 0.5) is 0 Å². The molecule has 0 radical (unpaired) electrons. The first kappa shape index (κ1) is 12.4. The van der Waals surface area contributed by atoms with E-state index in [-0.39, 0.29) is 0 Å². The van der Waals surface area contributed by atoms with Gasteiger partial charge in [0.1, 0.15) is 0 Å². The van der Waals surface area contributed by atoms with Crippen LogP contribution in [0.2, 0.25) is 0 Å². The summed E-state index contributed by atoms with van der Waals surface area (Å²) in [5, 5.41) is -0.322. The van der Waals surface area contributed by atoms with Crippen LogP contribution in [0, 0.1) is 0 Å². The quantitative estimate of drug-likeness (QED) is 0.716. The van der Waals surface area contributed by atoms with E-state index in [0.717, 1.165) is 19.1 Å². The van der Waals surface area contributed by atoms with Crippen molar-refractivity contribution in [3.8, 4) is 0 Å². The Morgan fingerprint density at radius 3 is 2.07 bits per heavy atom. The lowest BCUT2D eigenvalue weighted by atomic mass is 10.4. The van der Waals surface area contributed by atoms with Crippen LogP contribution in [0.5, 0.6) is 0 Å². The molecular formula is C6H12BrNO4S2. The predicted molar refractivity (Wildman–Crippen MR) is 57.5 cm³/mol. The Hall–Kier alpha value is 0.340. The van der Waals surface area contributed by atoms with Gasteiger partial charge in [0.05, 0.1) is 0 Å². The average molecular weight is 306 g/mol. The third-order valence-electron chi connectivity index (χ3n) is 1.85. The van der Waals surface area contributed by atoms with Gasteiger partial charge >= 0.3 is 0 Å². The zero-order valence-electron chi connectivity index (χ0n) is 7.66. The third-order valence-corrected chi connectivity index (χ3v) is 6.62. The van der Waals surface area contributed by atoms with E-state index in [1.54, 1.807) is 0 Å². The van der Waals surface area contributed by atoms with E-state index in [1.807, 2.05) is 0 Å². The first-order valence-electron chi connectivity index (χ1n) is 3.93. The molecule has 0 bridgehead atoms. The lowest BCUT2D eigenvalue weighted by molar-refractivity contribution is 0.562. The van der Waals surface area contributed by atoms with Crippen LogP contribution in [0.3, 0.4) is 0 Å². The van der Waals surface area contributed by atoms with Gasteiger partial charge in [-0.05, 0) is 12.8 Å². The second kappa shape index (κ2) is 3.73. The van der Waals surface area contributed by atoms with Gasteiger partial charge in [0, 0.05) is 17.1 Å². The SMILES string of the molecule is CS(=O)(=O)CS(=O)(=O)NC1(CBr)CC1. The van der Waals surface area contributed by atoms with Gasteiger partial charge in [0.25, 0.3) is 0 Å². The molecule has 1 saturated carbocycles. The van der Waals surface area contributed by atoms with Gasteiger partial charge in [-0.3, -0.25) is 0 Å². The van der Waals surface area contributed by atoms with Crippen LogP contribution in [0.1, 0.15) is 12.8 Å². The number of hydrogen-bond acceptors (Lipinski definition) is 4. The molecule has 0 atom stereocenters. The highest BCUT2D eigenvalue weighted by molar-refractivity contribution is 9.09. The van der Waals surface area contributed by atoms with Crippen LogP contribution in [-0.4, -0.2) is 39.0 Å². The Morgan fingerprint density at radius 2 is 1.79 bits per heavy atom. The van der Waals surface area contributed by atoms with E-state index < -0.39 is 30.5 Å². The standard InChI is InChI=1S/C6H12BrNO4S2/c1-13(9,10)5-14(11,12)8-6(4-7)2-3-6/h8H,2-5H2,1H3. The predicted octanol–water partition coefficient (Wildman–Crippen LogP) is -0.165. The molecule has 1 rings (SSSR count). The number of sulfone groups is 1. The molecule has 0 aromatic rings. The topological polar surface area (TPSA) is 80.3 Å². The number of rotatable bonds is 5. The van der Waals surface area contributed by atoms with E-state index in [9.17, 15) is 16.8 Å². The number of sulfonamides is 1. The molecule has 8 heteroatoms. The van der Waals surface area contributed by atoms with Gasteiger partial charge in [0.2, 0.25) is 10.0 Å². The zero-order valence-corrected chi connectivity index (χ0v) is 10.9. The Morgan fingerprint density at radius 1 is 1.29 bits per heavy atom. The fraction of sp³-hybridized carbons (Fsp3) is 1.00. The molecule has 0 unspecified atom stereocenters. The van der Waals surface area contributed by atoms with Gasteiger partial charge in [-0.25, -0.2) is 21.6 Å². The van der Waals surface area contributed by atoms with Crippen molar-refractivity contribution >= 4 is 35.8 Å². The summed E-state index contributed by atoms with van der Waals surface area (Å²) in [5.41, 5.74) is -0.441. The van der Waals surface area contributed by atoms with Crippen molar-refractivity contribution in [1.29, 1.82) is 0 Å². The summed E-state index contributed by atoms with van der Waals surface area (Å²) in [4.78, 5) is 0. The maximum absolute atomic E-state index is 11.3. The maximum Gasteiger partial charge on any atom is 0.226 e. The van der Waals surface area contributed by atoms with E-state index in [4.69, 9.17) is 0 Å². The molecule has 1 N–H and O–H groups in total. The summed E-state index contributed by atoms with van der Waals surface area (Å²) in [6.45, 7) is 0. The Bertz CT molecular complexity index is 409. The van der Waals surface area contributed by atoms with Crippen molar-refractivity contribution in [3.05, 3.63) is 0 Å². The second-order valence-electron chi connectivity index (χ2n) is 3.67. The summed E-state index contributed by atoms with van der Waals surface area (Å²) in [7, 11) is -7.21. The molecule has 0 saturated heterocycles. The first-order valence-corrected chi connectivity index (χ1v) is 8.77. The Balaban J connectivity index is 2.69. The van der Waals surface area contributed by atoms with Gasteiger partial charge < -0.3 is 0 Å². The fourth-order valence-electron chi connectivity index (χ4n) is 1.06. The normalized spacial score (nSPS) is 20.7. The van der Waals surface area contributed by atoms with E-state index in [0.29, 0.717) is 5.33 Å². The monoisotopic (exact) mass is 305 g/mol. The van der Waals surface area contributed by atoms with Gasteiger partial charge in [-0.1, -0.05) is 15.9 Å². The van der Waals surface area contributed by atoms with Crippen LogP contribution >= 0.6 is 15.9 Å². The molecule has 0 aliphatic heterocycles. The molecule has 0 amide bonds. The van der Waals surface area contributed by atoms with Crippen molar-refractivity contribution in [2.24, 2.45) is 0 Å². The molecule has 84 valence electrons. The maximum atomic E-state index is 11.3. The minimum Gasteiger partial charge on any atom is -0.228 e. The summed E-state index contributed by atoms with van der Waals surface area (Å²) < 4.78 is 46.7. The first-order chi connectivity index (χ1) is 6.18. The molecule has 5 nitrogen and oxygen atoms in total. The van der Waals surface area contributed by atoms with Crippen LogP contribution < -0.4 is 4.72 Å². The molecule has 14 heavy (non-hydrogen) atoms. The van der Waals surface area contributed by atoms with Gasteiger partial charge in [0.15, 0.2) is 14.9 Å². The summed E-state index contributed by atoms with van der Waals surface area (Å²) in [5.74, 6) is 0. The van der Waals surface area contributed by atoms with Crippen molar-refractivity contribution < 1.29 is 16.8 Å². The average Bonchev–Trinajstić information content (AvgIpc) is 2.62. The van der Waals surface area contributed by atoms with Crippen LogP contribution in [-0.2, 0) is 19.9 Å². The van der Waals surface area contributed by atoms with Gasteiger partial charge in [-0.15, -0.1) is 0 Å². The van der Waals surface area contributed by atoms with Crippen molar-refractivity contribution in [1.82, 2.24) is 4.72 Å². The number of alkyl halides is 1. The molecule has 0 spiro atoms. The molecular weight excluding hydrogens is 294 g/mol.